The fourth-order valence-electron chi connectivity index (χ4n) is 2.84. The molecule has 162 valence electrons. The van der Waals surface area contributed by atoms with Crippen LogP contribution in [0.15, 0.2) is 36.4 Å². The molecule has 3 N–H and O–H groups in total. The van der Waals surface area contributed by atoms with Crippen molar-refractivity contribution in [3.63, 3.8) is 0 Å². The topological polar surface area (TPSA) is 114 Å². The van der Waals surface area contributed by atoms with Crippen LogP contribution in [0.5, 0.6) is 11.5 Å². The minimum atomic E-state index is -1.26. The number of rotatable bonds is 9. The molecular formula is C21H31NO7. The highest BCUT2D eigenvalue weighted by atomic mass is 16.5. The van der Waals surface area contributed by atoms with Crippen LogP contribution in [0.2, 0.25) is 0 Å². The molecule has 1 aromatic rings. The number of nitrogens with one attached hydrogen (secondary N) is 1. The monoisotopic (exact) mass is 409 g/mol. The van der Waals surface area contributed by atoms with E-state index >= 15 is 0 Å². The van der Waals surface area contributed by atoms with E-state index in [4.69, 9.17) is 24.4 Å². The van der Waals surface area contributed by atoms with Gasteiger partial charge >= 0.3 is 11.9 Å². The number of piperidine rings is 1. The number of ether oxygens (including phenoxy) is 3. The number of hydrogen-bond acceptors (Lipinski definition) is 6. The van der Waals surface area contributed by atoms with E-state index in [1.807, 2.05) is 24.3 Å². The van der Waals surface area contributed by atoms with Crippen molar-refractivity contribution in [1.82, 2.24) is 5.32 Å². The highest BCUT2D eigenvalue weighted by Gasteiger charge is 2.33. The Kier molecular flexibility index (Phi) is 10.8. The number of methoxy groups -OCH3 is 1. The smallest absolute Gasteiger partial charge is 0.328 e. The molecule has 1 fully saturated rings. The molecule has 8 nitrogen and oxygen atoms in total. The van der Waals surface area contributed by atoms with Gasteiger partial charge in [0.1, 0.15) is 12.2 Å². The van der Waals surface area contributed by atoms with Gasteiger partial charge in [0.05, 0.1) is 6.61 Å². The van der Waals surface area contributed by atoms with Gasteiger partial charge in [-0.15, -0.1) is 0 Å². The molecule has 1 aromatic carbocycles. The van der Waals surface area contributed by atoms with E-state index in [9.17, 15) is 9.59 Å². The summed E-state index contributed by atoms with van der Waals surface area (Å²) in [4.78, 5) is 19.1. The zero-order valence-corrected chi connectivity index (χ0v) is 17.2. The predicted octanol–water partition coefficient (Wildman–Crippen LogP) is 2.58. The van der Waals surface area contributed by atoms with Crippen LogP contribution in [0.1, 0.15) is 26.7 Å². The zero-order chi connectivity index (χ0) is 21.7. The molecule has 1 aliphatic heterocycles. The molecule has 0 aliphatic carbocycles. The van der Waals surface area contributed by atoms with Crippen LogP contribution in [-0.4, -0.2) is 61.2 Å². The second-order valence-corrected chi connectivity index (χ2v) is 7.05. The second kappa shape index (κ2) is 12.8. The number of carbonyl (C=O) groups is 2. The number of aliphatic carboxylic acids is 2. The van der Waals surface area contributed by atoms with Crippen LogP contribution >= 0.6 is 0 Å². The maximum Gasteiger partial charge on any atom is 0.328 e. The minimum Gasteiger partial charge on any atom is -0.487 e. The molecule has 29 heavy (non-hydrogen) atoms. The molecule has 0 spiro atoms. The van der Waals surface area contributed by atoms with Gasteiger partial charge in [0.2, 0.25) is 0 Å². The zero-order valence-electron chi connectivity index (χ0n) is 17.2. The van der Waals surface area contributed by atoms with Crippen molar-refractivity contribution in [3.05, 3.63) is 36.4 Å². The molecule has 2 rings (SSSR count). The third-order valence-electron chi connectivity index (χ3n) is 4.42. The summed E-state index contributed by atoms with van der Waals surface area (Å²) in [6.45, 7) is 7.56. The summed E-state index contributed by atoms with van der Waals surface area (Å²) in [6, 6.07) is 7.86. The largest absolute Gasteiger partial charge is 0.487 e. The number of carboxylic acids is 2. The highest BCUT2D eigenvalue weighted by molar-refractivity contribution is 5.89. The number of hydrogen-bond donors (Lipinski definition) is 3. The van der Waals surface area contributed by atoms with E-state index in [2.05, 4.69) is 19.2 Å². The Morgan fingerprint density at radius 1 is 1.14 bits per heavy atom. The molecular weight excluding hydrogens is 378 g/mol. The van der Waals surface area contributed by atoms with Gasteiger partial charge < -0.3 is 29.7 Å². The van der Waals surface area contributed by atoms with Crippen LogP contribution in [0, 0.1) is 5.92 Å². The summed E-state index contributed by atoms with van der Waals surface area (Å²) >= 11 is 0. The first-order valence-electron chi connectivity index (χ1n) is 9.50. The molecule has 0 saturated carbocycles. The average Bonchev–Trinajstić information content (AvgIpc) is 2.69. The predicted molar refractivity (Wildman–Crippen MR) is 109 cm³/mol. The minimum absolute atomic E-state index is 0.214. The standard InChI is InChI=1S/C17H27NO3.C4H4O4/c1-17(2,14-7-6-10-18-13-14)21-16-9-5-4-8-15(16)20-12-11-19-3;5-3(6)1-2-4(7)8/h4-5,8-9,14,18H,6-7,10-13H2,1-3H3;1-2H,(H,5,6)(H,7,8)/b;2-1+/t14-;/m0./s1. The molecule has 0 unspecified atom stereocenters. The van der Waals surface area contributed by atoms with Crippen molar-refractivity contribution in [3.8, 4) is 11.5 Å². The Morgan fingerprint density at radius 3 is 2.28 bits per heavy atom. The first-order valence-corrected chi connectivity index (χ1v) is 9.50. The van der Waals surface area contributed by atoms with E-state index in [0.29, 0.717) is 31.3 Å². The highest BCUT2D eigenvalue weighted by Crippen LogP contribution is 2.34. The van der Waals surface area contributed by atoms with E-state index in [0.717, 1.165) is 24.6 Å². The lowest BCUT2D eigenvalue weighted by molar-refractivity contribution is -0.134. The number of para-hydroxylation sites is 2. The fraction of sp³-hybridized carbons (Fsp3) is 0.524. The Balaban J connectivity index is 0.000000447. The van der Waals surface area contributed by atoms with Crippen LogP contribution in [-0.2, 0) is 14.3 Å². The Hall–Kier alpha value is -2.58. The van der Waals surface area contributed by atoms with Crippen molar-refractivity contribution >= 4 is 11.9 Å². The van der Waals surface area contributed by atoms with Gasteiger partial charge in [-0.2, -0.15) is 0 Å². The molecule has 0 bridgehead atoms. The molecule has 1 atom stereocenters. The first-order chi connectivity index (χ1) is 13.8. The van der Waals surface area contributed by atoms with Crippen LogP contribution in [0.4, 0.5) is 0 Å². The summed E-state index contributed by atoms with van der Waals surface area (Å²) in [6.07, 6.45) is 3.53. The lowest BCUT2D eigenvalue weighted by Crippen LogP contribution is -2.46. The van der Waals surface area contributed by atoms with Gasteiger partial charge in [0.15, 0.2) is 11.5 Å². The Labute approximate surface area is 171 Å². The normalized spacial score (nSPS) is 16.6. The molecule has 1 saturated heterocycles. The third-order valence-corrected chi connectivity index (χ3v) is 4.42. The van der Waals surface area contributed by atoms with Crippen molar-refractivity contribution in [2.75, 3.05) is 33.4 Å². The summed E-state index contributed by atoms with van der Waals surface area (Å²) < 4.78 is 17.1. The lowest BCUT2D eigenvalue weighted by atomic mass is 9.84. The van der Waals surface area contributed by atoms with Gasteiger partial charge in [0.25, 0.3) is 0 Å². The average molecular weight is 409 g/mol. The van der Waals surface area contributed by atoms with Gasteiger partial charge in [-0.1, -0.05) is 12.1 Å². The quantitative estimate of drug-likeness (QED) is 0.421. The molecule has 0 radical (unpaired) electrons. The fourth-order valence-corrected chi connectivity index (χ4v) is 2.84. The van der Waals surface area contributed by atoms with E-state index in [1.54, 1.807) is 7.11 Å². The second-order valence-electron chi connectivity index (χ2n) is 7.05. The summed E-state index contributed by atoms with van der Waals surface area (Å²) in [5, 5.41) is 19.1. The van der Waals surface area contributed by atoms with Gasteiger partial charge in [-0.25, -0.2) is 9.59 Å². The van der Waals surface area contributed by atoms with Crippen LogP contribution in [0.25, 0.3) is 0 Å². The van der Waals surface area contributed by atoms with E-state index in [1.165, 1.54) is 12.8 Å². The van der Waals surface area contributed by atoms with Crippen LogP contribution in [0.3, 0.4) is 0 Å². The van der Waals surface area contributed by atoms with E-state index in [-0.39, 0.29) is 5.60 Å². The van der Waals surface area contributed by atoms with Crippen molar-refractivity contribution < 1.29 is 34.0 Å². The summed E-state index contributed by atoms with van der Waals surface area (Å²) in [7, 11) is 1.67. The van der Waals surface area contributed by atoms with Crippen molar-refractivity contribution in [1.29, 1.82) is 0 Å². The molecule has 0 amide bonds. The maximum atomic E-state index is 9.55. The third kappa shape index (κ3) is 9.96. The molecule has 1 heterocycles. The summed E-state index contributed by atoms with van der Waals surface area (Å²) in [5.74, 6) is -0.409. The van der Waals surface area contributed by atoms with Crippen molar-refractivity contribution in [2.45, 2.75) is 32.3 Å². The van der Waals surface area contributed by atoms with Gasteiger partial charge in [0, 0.05) is 31.7 Å². The summed E-state index contributed by atoms with van der Waals surface area (Å²) in [5.41, 5.74) is -0.214. The van der Waals surface area contributed by atoms with Gasteiger partial charge in [-0.05, 0) is 45.4 Å². The molecule has 0 aromatic heterocycles. The number of carboxylic acid groups (broad SMARTS) is 2. The Bertz CT molecular complexity index is 651. The number of benzene rings is 1. The maximum absolute atomic E-state index is 9.55. The Morgan fingerprint density at radius 2 is 1.76 bits per heavy atom. The van der Waals surface area contributed by atoms with Crippen LogP contribution < -0.4 is 14.8 Å². The van der Waals surface area contributed by atoms with Gasteiger partial charge in [-0.3, -0.25) is 0 Å². The lowest BCUT2D eigenvalue weighted by Gasteiger charge is -2.37. The molecule has 8 heteroatoms. The first kappa shape index (κ1) is 24.5. The SMILES string of the molecule is COCCOc1ccccc1OC(C)(C)[C@H]1CCCNC1.O=C(O)/C=C/C(=O)O. The van der Waals surface area contributed by atoms with E-state index < -0.39 is 11.9 Å². The molecule has 1 aliphatic rings. The van der Waals surface area contributed by atoms with Crippen molar-refractivity contribution in [2.24, 2.45) is 5.92 Å².